The zero-order valence-electron chi connectivity index (χ0n) is 9.31. The van der Waals surface area contributed by atoms with Gasteiger partial charge in [0.2, 0.25) is 5.95 Å². The van der Waals surface area contributed by atoms with Crippen molar-refractivity contribution >= 4 is 23.2 Å². The van der Waals surface area contributed by atoms with Crippen molar-refractivity contribution in [3.63, 3.8) is 0 Å². The van der Waals surface area contributed by atoms with Crippen LogP contribution in [0.4, 0.5) is 5.95 Å². The van der Waals surface area contributed by atoms with Crippen molar-refractivity contribution in [2.75, 3.05) is 5.32 Å². The fraction of sp³-hybridized carbons (Fsp3) is 0.545. The summed E-state index contributed by atoms with van der Waals surface area (Å²) in [4.78, 5) is 8.74. The van der Waals surface area contributed by atoms with Crippen LogP contribution in [0.3, 0.4) is 0 Å². The van der Waals surface area contributed by atoms with Crippen LogP contribution in [-0.4, -0.2) is 21.0 Å². The summed E-state index contributed by atoms with van der Waals surface area (Å²) < 4.78 is 0. The van der Waals surface area contributed by atoms with Gasteiger partial charge in [-0.05, 0) is 31.7 Å². The van der Waals surface area contributed by atoms with Gasteiger partial charge < -0.3 is 11.1 Å². The second kappa shape index (κ2) is 4.74. The first-order chi connectivity index (χ1) is 7.66. The van der Waals surface area contributed by atoms with Gasteiger partial charge in [-0.3, -0.25) is 0 Å². The average molecular weight is 236 g/mol. The standard InChI is InChI=1S/C11H16N4S/c1-7(8-3-2-4-8)14-11-13-6-5-9(15-11)10(12)16/h5-8H,2-4H2,1H3,(H2,12,16)(H,13,14,15). The maximum Gasteiger partial charge on any atom is 0.223 e. The molecule has 5 heteroatoms. The molecule has 1 atom stereocenters. The normalized spacial score (nSPS) is 17.6. The number of hydrogen-bond acceptors (Lipinski definition) is 4. The summed E-state index contributed by atoms with van der Waals surface area (Å²) in [5, 5.41) is 3.30. The Labute approximate surface area is 101 Å². The number of aromatic nitrogens is 2. The van der Waals surface area contributed by atoms with Gasteiger partial charge in [0.05, 0.1) is 0 Å². The molecule has 0 bridgehead atoms. The van der Waals surface area contributed by atoms with Crippen molar-refractivity contribution in [3.05, 3.63) is 18.0 Å². The summed E-state index contributed by atoms with van der Waals surface area (Å²) in [7, 11) is 0. The van der Waals surface area contributed by atoms with Crippen LogP contribution in [0.1, 0.15) is 31.9 Å². The molecule has 0 amide bonds. The summed E-state index contributed by atoms with van der Waals surface area (Å²) in [6.45, 7) is 2.17. The van der Waals surface area contributed by atoms with Crippen molar-refractivity contribution in [2.45, 2.75) is 32.2 Å². The topological polar surface area (TPSA) is 63.8 Å². The molecule has 1 heterocycles. The molecule has 1 saturated carbocycles. The minimum Gasteiger partial charge on any atom is -0.388 e. The molecule has 86 valence electrons. The van der Waals surface area contributed by atoms with Crippen molar-refractivity contribution in [1.29, 1.82) is 0 Å². The van der Waals surface area contributed by atoms with E-state index in [0.29, 0.717) is 22.7 Å². The Morgan fingerprint density at radius 1 is 1.62 bits per heavy atom. The molecule has 0 aromatic carbocycles. The lowest BCUT2D eigenvalue weighted by molar-refractivity contribution is 0.284. The molecule has 3 N–H and O–H groups in total. The van der Waals surface area contributed by atoms with Crippen LogP contribution in [0.2, 0.25) is 0 Å². The lowest BCUT2D eigenvalue weighted by Crippen LogP contribution is -2.31. The van der Waals surface area contributed by atoms with E-state index in [1.54, 1.807) is 12.3 Å². The van der Waals surface area contributed by atoms with Gasteiger partial charge in [0.15, 0.2) is 0 Å². The van der Waals surface area contributed by atoms with E-state index in [4.69, 9.17) is 18.0 Å². The van der Waals surface area contributed by atoms with Crippen molar-refractivity contribution in [3.8, 4) is 0 Å². The number of nitrogens with two attached hydrogens (primary N) is 1. The zero-order chi connectivity index (χ0) is 11.5. The molecule has 1 aliphatic rings. The molecule has 1 aromatic rings. The Balaban J connectivity index is 2.02. The van der Waals surface area contributed by atoms with Gasteiger partial charge in [-0.2, -0.15) is 0 Å². The highest BCUT2D eigenvalue weighted by Gasteiger charge is 2.24. The second-order valence-corrected chi connectivity index (χ2v) is 4.69. The third-order valence-electron chi connectivity index (χ3n) is 3.12. The van der Waals surface area contributed by atoms with Gasteiger partial charge in [0, 0.05) is 12.2 Å². The van der Waals surface area contributed by atoms with E-state index in [9.17, 15) is 0 Å². The first-order valence-corrected chi connectivity index (χ1v) is 5.97. The van der Waals surface area contributed by atoms with Crippen molar-refractivity contribution < 1.29 is 0 Å². The van der Waals surface area contributed by atoms with Crippen LogP contribution < -0.4 is 11.1 Å². The van der Waals surface area contributed by atoms with Crippen LogP contribution in [0.25, 0.3) is 0 Å². The van der Waals surface area contributed by atoms with Gasteiger partial charge >= 0.3 is 0 Å². The SMILES string of the molecule is CC(Nc1nccc(C(N)=S)n1)C1CCC1. The summed E-state index contributed by atoms with van der Waals surface area (Å²) >= 11 is 4.88. The molecule has 0 radical (unpaired) electrons. The van der Waals surface area contributed by atoms with Crippen molar-refractivity contribution in [1.82, 2.24) is 9.97 Å². The Hall–Kier alpha value is -1.23. The minimum atomic E-state index is 0.307. The maximum absolute atomic E-state index is 5.52. The highest BCUT2D eigenvalue weighted by molar-refractivity contribution is 7.80. The monoisotopic (exact) mass is 236 g/mol. The van der Waals surface area contributed by atoms with E-state index in [1.807, 2.05) is 0 Å². The number of thiocarbonyl (C=S) groups is 1. The second-order valence-electron chi connectivity index (χ2n) is 4.25. The van der Waals surface area contributed by atoms with Gasteiger partial charge in [-0.25, -0.2) is 9.97 Å². The van der Waals surface area contributed by atoms with Crippen LogP contribution in [0.15, 0.2) is 12.3 Å². The molecule has 2 rings (SSSR count). The van der Waals surface area contributed by atoms with E-state index in [0.717, 1.165) is 5.92 Å². The number of nitrogens with one attached hydrogen (secondary N) is 1. The predicted octanol–water partition coefficient (Wildman–Crippen LogP) is 1.71. The Bertz CT molecular complexity index is 389. The third-order valence-corrected chi connectivity index (χ3v) is 3.33. The molecule has 1 aromatic heterocycles. The molecule has 4 nitrogen and oxygen atoms in total. The highest BCUT2D eigenvalue weighted by Crippen LogP contribution is 2.30. The van der Waals surface area contributed by atoms with Gasteiger partial charge in [-0.15, -0.1) is 0 Å². The fourth-order valence-corrected chi connectivity index (χ4v) is 1.94. The Morgan fingerprint density at radius 2 is 2.38 bits per heavy atom. The summed E-state index contributed by atoms with van der Waals surface area (Å²) in [5.74, 6) is 1.36. The molecule has 1 unspecified atom stereocenters. The molecular formula is C11H16N4S. The van der Waals surface area contributed by atoms with Crippen LogP contribution >= 0.6 is 12.2 Å². The zero-order valence-corrected chi connectivity index (χ0v) is 10.1. The summed E-state index contributed by atoms with van der Waals surface area (Å²) in [6, 6.07) is 2.14. The lowest BCUT2D eigenvalue weighted by Gasteiger charge is -2.31. The Kier molecular flexibility index (Phi) is 3.33. The van der Waals surface area contributed by atoms with E-state index in [-0.39, 0.29) is 0 Å². The number of hydrogen-bond donors (Lipinski definition) is 2. The number of nitrogens with zero attached hydrogens (tertiary/aromatic N) is 2. The minimum absolute atomic E-state index is 0.307. The average Bonchev–Trinajstić information content (AvgIpc) is 2.15. The smallest absolute Gasteiger partial charge is 0.223 e. The highest BCUT2D eigenvalue weighted by atomic mass is 32.1. The van der Waals surface area contributed by atoms with Crippen molar-refractivity contribution in [2.24, 2.45) is 11.7 Å². The van der Waals surface area contributed by atoms with E-state index in [1.165, 1.54) is 19.3 Å². The van der Waals surface area contributed by atoms with E-state index in [2.05, 4.69) is 22.2 Å². The molecule has 0 saturated heterocycles. The first kappa shape index (κ1) is 11.3. The first-order valence-electron chi connectivity index (χ1n) is 5.56. The molecule has 0 aliphatic heterocycles. The molecule has 1 fully saturated rings. The molecule has 1 aliphatic carbocycles. The molecular weight excluding hydrogens is 220 g/mol. The molecule has 16 heavy (non-hydrogen) atoms. The molecule has 0 spiro atoms. The number of rotatable bonds is 4. The summed E-state index contributed by atoms with van der Waals surface area (Å²) in [6.07, 6.45) is 5.61. The largest absolute Gasteiger partial charge is 0.388 e. The van der Waals surface area contributed by atoms with E-state index >= 15 is 0 Å². The fourth-order valence-electron chi connectivity index (χ4n) is 1.83. The quantitative estimate of drug-likeness (QED) is 0.779. The third kappa shape index (κ3) is 2.47. The van der Waals surface area contributed by atoms with Crippen LogP contribution in [0, 0.1) is 5.92 Å². The maximum atomic E-state index is 5.52. The number of anilines is 1. The lowest BCUT2D eigenvalue weighted by atomic mass is 9.80. The van der Waals surface area contributed by atoms with Crippen LogP contribution in [-0.2, 0) is 0 Å². The summed E-state index contributed by atoms with van der Waals surface area (Å²) in [5.41, 5.74) is 6.14. The Morgan fingerprint density at radius 3 is 2.94 bits per heavy atom. The van der Waals surface area contributed by atoms with E-state index < -0.39 is 0 Å². The predicted molar refractivity (Wildman–Crippen MR) is 68.3 cm³/mol. The van der Waals surface area contributed by atoms with Crippen LogP contribution in [0.5, 0.6) is 0 Å². The van der Waals surface area contributed by atoms with Gasteiger partial charge in [0.25, 0.3) is 0 Å². The van der Waals surface area contributed by atoms with Gasteiger partial charge in [-0.1, -0.05) is 18.6 Å². The van der Waals surface area contributed by atoms with Gasteiger partial charge in [0.1, 0.15) is 10.7 Å².